The average molecular weight is 451 g/mol. The number of hydrogen-bond acceptors (Lipinski definition) is 4. The number of thioether (sulfide) groups is 1. The zero-order valence-electron chi connectivity index (χ0n) is 15.8. The molecule has 29 heavy (non-hydrogen) atoms. The number of halogens is 2. The Morgan fingerprint density at radius 1 is 1.03 bits per heavy atom. The number of aromatic nitrogens is 2. The lowest BCUT2D eigenvalue weighted by molar-refractivity contribution is 0.0781. The molecule has 2 saturated heterocycles. The lowest BCUT2D eigenvalue weighted by atomic mass is 10.0. The molecule has 5 nitrogen and oxygen atoms in total. The van der Waals surface area contributed by atoms with Crippen molar-refractivity contribution in [2.75, 3.05) is 26.2 Å². The van der Waals surface area contributed by atoms with Gasteiger partial charge in [-0.05, 0) is 35.6 Å². The first-order chi connectivity index (χ1) is 13.3. The Hall–Kier alpha value is -1.73. The van der Waals surface area contributed by atoms with Gasteiger partial charge in [0.25, 0.3) is 5.91 Å². The molecule has 5 rings (SSSR count). The van der Waals surface area contributed by atoms with E-state index in [0.717, 1.165) is 59.2 Å². The molecule has 0 aliphatic carbocycles. The van der Waals surface area contributed by atoms with E-state index in [0.29, 0.717) is 11.8 Å². The lowest BCUT2D eigenvalue weighted by Crippen LogP contribution is -2.32. The maximum Gasteiger partial charge on any atom is 0.254 e. The van der Waals surface area contributed by atoms with Crippen LogP contribution in [0.5, 0.6) is 0 Å². The number of amides is 1. The highest BCUT2D eigenvalue weighted by Gasteiger charge is 2.38. The SMILES string of the molecule is Cl.Cl.O=C(c1ccccc1CSc1nc2ccccc2[nH]1)N1C[C@H]2CNC[C@H]2C1. The summed E-state index contributed by atoms with van der Waals surface area (Å²) >= 11 is 1.64. The van der Waals surface area contributed by atoms with Gasteiger partial charge in [-0.25, -0.2) is 4.98 Å². The quantitative estimate of drug-likeness (QED) is 0.589. The van der Waals surface area contributed by atoms with Gasteiger partial charge in [-0.1, -0.05) is 42.1 Å². The van der Waals surface area contributed by atoms with E-state index in [-0.39, 0.29) is 30.7 Å². The summed E-state index contributed by atoms with van der Waals surface area (Å²) in [6, 6.07) is 16.0. The third kappa shape index (κ3) is 4.40. The maximum atomic E-state index is 13.1. The topological polar surface area (TPSA) is 61.0 Å². The van der Waals surface area contributed by atoms with Crippen LogP contribution in [-0.4, -0.2) is 47.0 Å². The lowest BCUT2D eigenvalue weighted by Gasteiger charge is -2.19. The average Bonchev–Trinajstić information content (AvgIpc) is 3.39. The molecule has 2 aromatic carbocycles. The number of hydrogen-bond donors (Lipinski definition) is 2. The largest absolute Gasteiger partial charge is 0.338 e. The monoisotopic (exact) mass is 450 g/mol. The van der Waals surface area contributed by atoms with Crippen molar-refractivity contribution in [3.05, 3.63) is 59.7 Å². The highest BCUT2D eigenvalue weighted by molar-refractivity contribution is 7.98. The highest BCUT2D eigenvalue weighted by atomic mass is 35.5. The molecule has 2 aliphatic heterocycles. The first kappa shape index (κ1) is 22.0. The minimum atomic E-state index is 0. The van der Waals surface area contributed by atoms with Crippen molar-refractivity contribution in [3.8, 4) is 0 Å². The first-order valence-electron chi connectivity index (χ1n) is 9.43. The normalized spacial score (nSPS) is 20.2. The summed E-state index contributed by atoms with van der Waals surface area (Å²) in [5.74, 6) is 2.13. The number of aromatic amines is 1. The smallest absolute Gasteiger partial charge is 0.254 e. The summed E-state index contributed by atoms with van der Waals surface area (Å²) in [6.07, 6.45) is 0. The second kappa shape index (κ2) is 9.39. The third-order valence-electron chi connectivity index (χ3n) is 5.66. The van der Waals surface area contributed by atoms with Gasteiger partial charge >= 0.3 is 0 Å². The van der Waals surface area contributed by atoms with Crippen molar-refractivity contribution in [1.82, 2.24) is 20.2 Å². The summed E-state index contributed by atoms with van der Waals surface area (Å²) in [6.45, 7) is 3.83. The summed E-state index contributed by atoms with van der Waals surface area (Å²) in [5.41, 5.74) is 3.92. The molecule has 2 fully saturated rings. The van der Waals surface area contributed by atoms with Crippen molar-refractivity contribution in [2.45, 2.75) is 10.9 Å². The summed E-state index contributed by atoms with van der Waals surface area (Å²) in [7, 11) is 0. The van der Waals surface area contributed by atoms with E-state index in [4.69, 9.17) is 0 Å². The number of likely N-dealkylation sites (tertiary alicyclic amines) is 1. The Bertz CT molecular complexity index is 950. The second-order valence-corrected chi connectivity index (χ2v) is 8.36. The van der Waals surface area contributed by atoms with Gasteiger partial charge in [0, 0.05) is 37.5 Å². The number of fused-ring (bicyclic) bond motifs is 2. The van der Waals surface area contributed by atoms with Crippen molar-refractivity contribution in [2.24, 2.45) is 11.8 Å². The van der Waals surface area contributed by atoms with Crippen LogP contribution in [0.4, 0.5) is 0 Å². The molecule has 154 valence electrons. The molecule has 2 atom stereocenters. The van der Waals surface area contributed by atoms with Crippen LogP contribution in [0, 0.1) is 11.8 Å². The van der Waals surface area contributed by atoms with Crippen molar-refractivity contribution < 1.29 is 4.79 Å². The standard InChI is InChI=1S/C21H22N4OS.2ClH/c26-20(25-11-15-9-22-10-16(15)12-25)17-6-2-1-5-14(17)13-27-21-23-18-7-3-4-8-19(18)24-21;;/h1-8,15-16,22H,9-13H2,(H,23,24);2*1H/t15-,16+;;. The summed E-state index contributed by atoms with van der Waals surface area (Å²) < 4.78 is 0. The number of nitrogens with one attached hydrogen (secondary N) is 2. The first-order valence-corrected chi connectivity index (χ1v) is 10.4. The number of para-hydroxylation sites is 2. The molecule has 1 amide bonds. The van der Waals surface area contributed by atoms with E-state index in [1.807, 2.05) is 47.4 Å². The van der Waals surface area contributed by atoms with Crippen LogP contribution in [0.3, 0.4) is 0 Å². The molecule has 0 bridgehead atoms. The number of benzene rings is 2. The van der Waals surface area contributed by atoms with Crippen LogP contribution in [0.2, 0.25) is 0 Å². The number of rotatable bonds is 4. The zero-order chi connectivity index (χ0) is 18.2. The van der Waals surface area contributed by atoms with Gasteiger partial charge in [0.15, 0.2) is 5.16 Å². The van der Waals surface area contributed by atoms with Crippen LogP contribution in [0.1, 0.15) is 15.9 Å². The zero-order valence-corrected chi connectivity index (χ0v) is 18.3. The molecule has 3 aromatic rings. The van der Waals surface area contributed by atoms with E-state index in [2.05, 4.69) is 21.4 Å². The van der Waals surface area contributed by atoms with Gasteiger partial charge in [-0.3, -0.25) is 4.79 Å². The van der Waals surface area contributed by atoms with Crippen LogP contribution in [-0.2, 0) is 5.75 Å². The van der Waals surface area contributed by atoms with Crippen molar-refractivity contribution in [1.29, 1.82) is 0 Å². The number of carbonyl (C=O) groups excluding carboxylic acids is 1. The van der Waals surface area contributed by atoms with Gasteiger partial charge in [0.2, 0.25) is 0 Å². The molecular weight excluding hydrogens is 427 g/mol. The van der Waals surface area contributed by atoms with E-state index in [9.17, 15) is 4.79 Å². The Morgan fingerprint density at radius 3 is 2.48 bits per heavy atom. The van der Waals surface area contributed by atoms with E-state index in [1.54, 1.807) is 11.8 Å². The Labute approximate surface area is 186 Å². The van der Waals surface area contributed by atoms with E-state index >= 15 is 0 Å². The van der Waals surface area contributed by atoms with Crippen molar-refractivity contribution in [3.63, 3.8) is 0 Å². The molecule has 8 heteroatoms. The Kier molecular flexibility index (Phi) is 7.11. The molecule has 1 aromatic heterocycles. The minimum absolute atomic E-state index is 0. The second-order valence-electron chi connectivity index (χ2n) is 7.39. The predicted octanol–water partition coefficient (Wildman–Crippen LogP) is 3.99. The van der Waals surface area contributed by atoms with Gasteiger partial charge in [0.1, 0.15) is 0 Å². The molecule has 0 radical (unpaired) electrons. The van der Waals surface area contributed by atoms with Crippen LogP contribution >= 0.6 is 36.6 Å². The predicted molar refractivity (Wildman–Crippen MR) is 122 cm³/mol. The van der Waals surface area contributed by atoms with Crippen LogP contribution in [0.15, 0.2) is 53.7 Å². The molecule has 0 spiro atoms. The van der Waals surface area contributed by atoms with Crippen LogP contribution in [0.25, 0.3) is 11.0 Å². The molecule has 0 saturated carbocycles. The fraction of sp³-hybridized carbons (Fsp3) is 0.333. The molecule has 2 aliphatic rings. The van der Waals surface area contributed by atoms with Crippen LogP contribution < -0.4 is 5.32 Å². The number of carbonyl (C=O) groups is 1. The number of imidazole rings is 1. The fourth-order valence-electron chi connectivity index (χ4n) is 4.19. The Morgan fingerprint density at radius 2 is 1.72 bits per heavy atom. The maximum absolute atomic E-state index is 13.1. The summed E-state index contributed by atoms with van der Waals surface area (Å²) in [5, 5.41) is 4.32. The molecule has 2 N–H and O–H groups in total. The number of nitrogens with zero attached hydrogens (tertiary/aromatic N) is 2. The van der Waals surface area contributed by atoms with Gasteiger partial charge in [0.05, 0.1) is 11.0 Å². The molecular formula is C21H24Cl2N4OS. The van der Waals surface area contributed by atoms with E-state index in [1.165, 1.54) is 0 Å². The van der Waals surface area contributed by atoms with Gasteiger partial charge in [-0.15, -0.1) is 24.8 Å². The fourth-order valence-corrected chi connectivity index (χ4v) is 5.08. The van der Waals surface area contributed by atoms with E-state index < -0.39 is 0 Å². The third-order valence-corrected chi connectivity index (χ3v) is 6.58. The highest BCUT2D eigenvalue weighted by Crippen LogP contribution is 2.29. The minimum Gasteiger partial charge on any atom is -0.338 e. The summed E-state index contributed by atoms with van der Waals surface area (Å²) in [4.78, 5) is 23.1. The van der Waals surface area contributed by atoms with Crippen molar-refractivity contribution >= 4 is 53.5 Å². The number of H-pyrrole nitrogens is 1. The Balaban J connectivity index is 0.00000120. The van der Waals surface area contributed by atoms with Gasteiger partial charge in [-0.2, -0.15) is 0 Å². The molecule has 3 heterocycles. The molecule has 0 unspecified atom stereocenters. The van der Waals surface area contributed by atoms with Gasteiger partial charge < -0.3 is 15.2 Å².